The van der Waals surface area contributed by atoms with Crippen molar-refractivity contribution in [2.24, 2.45) is 0 Å². The molecule has 1 radical (unpaired) electrons. The van der Waals surface area contributed by atoms with Crippen molar-refractivity contribution in [2.75, 3.05) is 0 Å². The molecule has 95 valence electrons. The minimum atomic E-state index is 0.697. The van der Waals surface area contributed by atoms with Crippen molar-refractivity contribution in [3.05, 3.63) is 72.8 Å². The number of hydrogen-bond donors (Lipinski definition) is 0. The summed E-state index contributed by atoms with van der Waals surface area (Å²) in [5.74, 6) is 1.45. The summed E-state index contributed by atoms with van der Waals surface area (Å²) in [6, 6.07) is 24.5. The highest BCUT2D eigenvalue weighted by Gasteiger charge is 2.07. The zero-order valence-electron chi connectivity index (χ0n) is 10.7. The minimum absolute atomic E-state index is 0.697. The van der Waals surface area contributed by atoms with E-state index < -0.39 is 0 Å². The van der Waals surface area contributed by atoms with Gasteiger partial charge in [-0.1, -0.05) is 36.4 Å². The molecule has 4 aromatic rings. The highest BCUT2D eigenvalue weighted by atomic mass is 16.5. The van der Waals surface area contributed by atoms with Gasteiger partial charge in [0, 0.05) is 22.9 Å². The molecule has 20 heavy (non-hydrogen) atoms. The van der Waals surface area contributed by atoms with Gasteiger partial charge in [0.25, 0.3) is 0 Å². The highest BCUT2D eigenvalue weighted by Crippen LogP contribution is 2.32. The van der Waals surface area contributed by atoms with E-state index in [1.54, 1.807) is 0 Å². The first kappa shape index (κ1) is 11.1. The summed E-state index contributed by atoms with van der Waals surface area (Å²) in [4.78, 5) is 0. The van der Waals surface area contributed by atoms with Gasteiger partial charge in [0.05, 0.1) is 0 Å². The molecule has 0 N–H and O–H groups in total. The zero-order chi connectivity index (χ0) is 13.4. The second kappa shape index (κ2) is 4.42. The Morgan fingerprint density at radius 1 is 0.800 bits per heavy atom. The summed E-state index contributed by atoms with van der Waals surface area (Å²) in [5, 5.41) is 2.23. The summed E-state index contributed by atoms with van der Waals surface area (Å²) in [6.07, 6.45) is 0. The van der Waals surface area contributed by atoms with Crippen LogP contribution >= 0.6 is 0 Å². The molecule has 0 unspecified atom stereocenters. The van der Waals surface area contributed by atoms with Crippen molar-refractivity contribution >= 4 is 21.9 Å². The fraction of sp³-hybridized carbons (Fsp3) is 0. The van der Waals surface area contributed by atoms with E-state index in [4.69, 9.17) is 9.15 Å². The van der Waals surface area contributed by atoms with Crippen LogP contribution in [-0.2, 0) is 0 Å². The Balaban J connectivity index is 1.81. The lowest BCUT2D eigenvalue weighted by Gasteiger charge is -2.04. The highest BCUT2D eigenvalue weighted by molar-refractivity contribution is 6.05. The Kier molecular flexibility index (Phi) is 2.46. The average molecular weight is 259 g/mol. The molecule has 4 rings (SSSR count). The topological polar surface area (TPSA) is 22.4 Å². The monoisotopic (exact) mass is 259 g/mol. The second-order valence-corrected chi connectivity index (χ2v) is 4.59. The van der Waals surface area contributed by atoms with Crippen LogP contribution in [0.2, 0.25) is 0 Å². The van der Waals surface area contributed by atoms with Gasteiger partial charge in [0.2, 0.25) is 0 Å². The third-order valence-electron chi connectivity index (χ3n) is 3.26. The molecular formula is C18H11O2. The molecule has 0 aliphatic carbocycles. The molecule has 0 saturated heterocycles. The fourth-order valence-corrected chi connectivity index (χ4v) is 2.34. The lowest BCUT2D eigenvalue weighted by molar-refractivity contribution is 0.481. The van der Waals surface area contributed by atoms with E-state index in [1.807, 2.05) is 60.7 Å². The molecule has 1 heterocycles. The predicted octanol–water partition coefficient (Wildman–Crippen LogP) is 5.18. The summed E-state index contributed by atoms with van der Waals surface area (Å²) >= 11 is 0. The van der Waals surface area contributed by atoms with Crippen molar-refractivity contribution in [2.45, 2.75) is 0 Å². The maximum Gasteiger partial charge on any atom is 0.139 e. The van der Waals surface area contributed by atoms with Gasteiger partial charge in [0.1, 0.15) is 22.7 Å². The first-order valence-electron chi connectivity index (χ1n) is 6.46. The molecule has 1 aromatic heterocycles. The van der Waals surface area contributed by atoms with Gasteiger partial charge in [-0.05, 0) is 24.3 Å². The first-order chi connectivity index (χ1) is 9.90. The van der Waals surface area contributed by atoms with Gasteiger partial charge >= 0.3 is 0 Å². The van der Waals surface area contributed by atoms with Crippen LogP contribution in [-0.4, -0.2) is 0 Å². The van der Waals surface area contributed by atoms with Gasteiger partial charge in [0.15, 0.2) is 0 Å². The quantitative estimate of drug-likeness (QED) is 0.495. The average Bonchev–Trinajstić information content (AvgIpc) is 2.86. The summed E-state index contributed by atoms with van der Waals surface area (Å²) < 4.78 is 11.6. The zero-order valence-corrected chi connectivity index (χ0v) is 10.7. The van der Waals surface area contributed by atoms with Crippen molar-refractivity contribution in [3.8, 4) is 11.5 Å². The Bertz CT molecular complexity index is 876. The van der Waals surface area contributed by atoms with Crippen molar-refractivity contribution in [1.82, 2.24) is 0 Å². The predicted molar refractivity (Wildman–Crippen MR) is 79.1 cm³/mol. The van der Waals surface area contributed by atoms with Gasteiger partial charge in [-0.15, -0.1) is 0 Å². The number of fused-ring (bicyclic) bond motifs is 3. The van der Waals surface area contributed by atoms with Crippen LogP contribution in [0, 0.1) is 6.07 Å². The van der Waals surface area contributed by atoms with Gasteiger partial charge < -0.3 is 9.15 Å². The lowest BCUT2D eigenvalue weighted by Crippen LogP contribution is -1.82. The molecule has 0 amide bonds. The first-order valence-corrected chi connectivity index (χ1v) is 6.46. The summed E-state index contributed by atoms with van der Waals surface area (Å²) in [6.45, 7) is 0. The van der Waals surface area contributed by atoms with E-state index in [9.17, 15) is 0 Å². The van der Waals surface area contributed by atoms with Crippen LogP contribution in [0.3, 0.4) is 0 Å². The molecule has 2 heteroatoms. The summed E-state index contributed by atoms with van der Waals surface area (Å²) in [5.41, 5.74) is 1.73. The number of benzene rings is 3. The van der Waals surface area contributed by atoms with Crippen LogP contribution < -0.4 is 4.74 Å². The Hall–Kier alpha value is -2.74. The van der Waals surface area contributed by atoms with Crippen LogP contribution in [0.25, 0.3) is 21.9 Å². The van der Waals surface area contributed by atoms with E-state index >= 15 is 0 Å². The van der Waals surface area contributed by atoms with Crippen molar-refractivity contribution < 1.29 is 9.15 Å². The molecule has 0 bridgehead atoms. The minimum Gasteiger partial charge on any atom is -0.457 e. The number of para-hydroxylation sites is 2. The number of furan rings is 1. The van der Waals surface area contributed by atoms with Gasteiger partial charge in [-0.25, -0.2) is 0 Å². The Morgan fingerprint density at radius 3 is 2.55 bits per heavy atom. The fourth-order valence-electron chi connectivity index (χ4n) is 2.34. The molecule has 0 atom stereocenters. The molecule has 0 spiro atoms. The van der Waals surface area contributed by atoms with Gasteiger partial charge in [-0.3, -0.25) is 0 Å². The third kappa shape index (κ3) is 1.82. The van der Waals surface area contributed by atoms with Crippen molar-refractivity contribution in [1.29, 1.82) is 0 Å². The largest absolute Gasteiger partial charge is 0.457 e. The Labute approximate surface area is 116 Å². The number of rotatable bonds is 2. The molecule has 2 nitrogen and oxygen atoms in total. The second-order valence-electron chi connectivity index (χ2n) is 4.59. The maximum atomic E-state index is 5.84. The summed E-state index contributed by atoms with van der Waals surface area (Å²) in [7, 11) is 0. The van der Waals surface area contributed by atoms with Crippen LogP contribution in [0.5, 0.6) is 11.5 Å². The lowest BCUT2D eigenvalue weighted by atomic mass is 10.1. The molecule has 0 saturated carbocycles. The molecule has 3 aromatic carbocycles. The number of ether oxygens (including phenoxy) is 1. The molecule has 0 fully saturated rings. The van der Waals surface area contributed by atoms with Gasteiger partial charge in [-0.2, -0.15) is 0 Å². The smallest absolute Gasteiger partial charge is 0.139 e. The molecule has 0 aliphatic heterocycles. The maximum absolute atomic E-state index is 5.84. The SMILES string of the molecule is [c]1ccccc1Oc1ccc2c(c1)oc1ccccc12. The van der Waals surface area contributed by atoms with Crippen LogP contribution in [0.4, 0.5) is 0 Å². The molecular weight excluding hydrogens is 248 g/mol. The van der Waals surface area contributed by atoms with E-state index in [-0.39, 0.29) is 0 Å². The van der Waals surface area contributed by atoms with Crippen LogP contribution in [0.15, 0.2) is 71.1 Å². The van der Waals surface area contributed by atoms with Crippen molar-refractivity contribution in [3.63, 3.8) is 0 Å². The van der Waals surface area contributed by atoms with Crippen LogP contribution in [0.1, 0.15) is 0 Å². The van der Waals surface area contributed by atoms with E-state index in [1.165, 1.54) is 0 Å². The van der Waals surface area contributed by atoms with E-state index in [2.05, 4.69) is 12.1 Å². The normalized spacial score (nSPS) is 11.0. The number of hydrogen-bond acceptors (Lipinski definition) is 2. The van der Waals surface area contributed by atoms with E-state index in [0.29, 0.717) is 5.75 Å². The Morgan fingerprint density at radius 2 is 1.65 bits per heavy atom. The standard InChI is InChI=1S/C18H11O2/c1-2-6-13(7-3-1)19-14-10-11-16-15-8-4-5-9-17(15)20-18(16)12-14/h1-6,8-12H. The third-order valence-corrected chi connectivity index (χ3v) is 3.26. The molecule has 0 aliphatic rings. The van der Waals surface area contributed by atoms with E-state index in [0.717, 1.165) is 27.7 Å².